The molecule has 0 bridgehead atoms. The van der Waals surface area contributed by atoms with Crippen LogP contribution >= 0.6 is 0 Å². The van der Waals surface area contributed by atoms with Gasteiger partial charge in [-0.15, -0.1) is 0 Å². The van der Waals surface area contributed by atoms with Crippen molar-refractivity contribution < 1.29 is 14.3 Å². The second kappa shape index (κ2) is 5.29. The maximum absolute atomic E-state index is 12.9. The zero-order valence-electron chi connectivity index (χ0n) is 8.53. The van der Waals surface area contributed by atoms with E-state index in [0.29, 0.717) is 12.0 Å². The predicted octanol–water partition coefficient (Wildman–Crippen LogP) is 3.01. The van der Waals surface area contributed by atoms with E-state index in [-0.39, 0.29) is 12.2 Å². The Bertz CT molecular complexity index is 383. The van der Waals surface area contributed by atoms with Crippen LogP contribution in [0.5, 0.6) is 0 Å². The molecule has 0 aromatic heterocycles. The minimum absolute atomic E-state index is 0.122. The monoisotopic (exact) mass is 208 g/mol. The molecule has 0 atom stereocenters. The van der Waals surface area contributed by atoms with E-state index in [9.17, 15) is 9.18 Å². The summed E-state index contributed by atoms with van der Waals surface area (Å²) in [5, 5.41) is 8.41. The second-order valence-corrected chi connectivity index (χ2v) is 3.34. The van der Waals surface area contributed by atoms with Crippen molar-refractivity contribution in [3.63, 3.8) is 0 Å². The third-order valence-electron chi connectivity index (χ3n) is 2.02. The van der Waals surface area contributed by atoms with Crippen LogP contribution in [-0.2, 0) is 4.79 Å². The summed E-state index contributed by atoms with van der Waals surface area (Å²) in [6, 6.07) is 4.80. The van der Waals surface area contributed by atoms with Gasteiger partial charge in [-0.2, -0.15) is 0 Å². The first-order valence-electron chi connectivity index (χ1n) is 4.74. The van der Waals surface area contributed by atoms with Gasteiger partial charge >= 0.3 is 5.97 Å². The molecule has 1 aromatic carbocycles. The van der Waals surface area contributed by atoms with Gasteiger partial charge in [0, 0.05) is 6.42 Å². The minimum Gasteiger partial charge on any atom is -0.481 e. The summed E-state index contributed by atoms with van der Waals surface area (Å²) in [4.78, 5) is 10.2. The Hall–Kier alpha value is -1.64. The Balaban J connectivity index is 2.57. The van der Waals surface area contributed by atoms with Crippen molar-refractivity contribution in [3.05, 3.63) is 41.2 Å². The largest absolute Gasteiger partial charge is 0.481 e. The summed E-state index contributed by atoms with van der Waals surface area (Å²) in [5.74, 6) is -1.03. The molecule has 0 spiro atoms. The Morgan fingerprint density at radius 2 is 2.27 bits per heavy atom. The molecule has 0 aliphatic carbocycles. The van der Waals surface area contributed by atoms with Gasteiger partial charge in [0.2, 0.25) is 0 Å². The van der Waals surface area contributed by atoms with Gasteiger partial charge in [-0.1, -0.05) is 18.2 Å². The fraction of sp³-hybridized carbons (Fsp3) is 0.250. The molecule has 0 heterocycles. The fourth-order valence-electron chi connectivity index (χ4n) is 1.20. The first-order valence-corrected chi connectivity index (χ1v) is 4.74. The number of carboxylic acid groups (broad SMARTS) is 1. The van der Waals surface area contributed by atoms with Crippen LogP contribution < -0.4 is 0 Å². The SMILES string of the molecule is Cc1cc(/C=C/CCC(=O)O)ccc1F. The van der Waals surface area contributed by atoms with Gasteiger partial charge in [0.15, 0.2) is 0 Å². The summed E-state index contributed by atoms with van der Waals surface area (Å²) in [5.41, 5.74) is 1.48. The number of rotatable bonds is 4. The number of aliphatic carboxylic acids is 1. The molecule has 1 N–H and O–H groups in total. The van der Waals surface area contributed by atoms with Gasteiger partial charge < -0.3 is 5.11 Å². The van der Waals surface area contributed by atoms with Crippen molar-refractivity contribution >= 4 is 12.0 Å². The minimum atomic E-state index is -0.810. The molecule has 0 unspecified atom stereocenters. The predicted molar refractivity (Wildman–Crippen MR) is 57.0 cm³/mol. The van der Waals surface area contributed by atoms with Gasteiger partial charge in [0.25, 0.3) is 0 Å². The summed E-state index contributed by atoms with van der Waals surface area (Å²) in [6.07, 6.45) is 4.19. The van der Waals surface area contributed by atoms with E-state index in [4.69, 9.17) is 5.11 Å². The smallest absolute Gasteiger partial charge is 0.303 e. The number of halogens is 1. The van der Waals surface area contributed by atoms with E-state index >= 15 is 0 Å². The number of benzene rings is 1. The molecule has 0 fully saturated rings. The van der Waals surface area contributed by atoms with Crippen molar-refractivity contribution in [1.29, 1.82) is 0 Å². The quantitative estimate of drug-likeness (QED) is 0.825. The molecule has 0 aliphatic rings. The molecule has 80 valence electrons. The highest BCUT2D eigenvalue weighted by atomic mass is 19.1. The van der Waals surface area contributed by atoms with E-state index in [1.807, 2.05) is 0 Å². The maximum atomic E-state index is 12.9. The van der Waals surface area contributed by atoms with E-state index in [1.54, 1.807) is 31.2 Å². The molecule has 0 saturated carbocycles. The normalized spacial score (nSPS) is 10.8. The molecule has 1 rings (SSSR count). The number of carbonyl (C=O) groups is 1. The zero-order chi connectivity index (χ0) is 11.3. The third kappa shape index (κ3) is 3.94. The highest BCUT2D eigenvalue weighted by Gasteiger charge is 1.96. The van der Waals surface area contributed by atoms with Crippen LogP contribution in [0, 0.1) is 12.7 Å². The number of carboxylic acids is 1. The lowest BCUT2D eigenvalue weighted by Crippen LogP contribution is -1.91. The van der Waals surface area contributed by atoms with Crippen LogP contribution in [0.4, 0.5) is 4.39 Å². The van der Waals surface area contributed by atoms with Gasteiger partial charge in [-0.3, -0.25) is 4.79 Å². The van der Waals surface area contributed by atoms with Crippen LogP contribution in [0.2, 0.25) is 0 Å². The molecule has 0 amide bonds. The Kier molecular flexibility index (Phi) is 4.03. The number of aryl methyl sites for hydroxylation is 1. The molecule has 0 saturated heterocycles. The Morgan fingerprint density at radius 1 is 1.53 bits per heavy atom. The van der Waals surface area contributed by atoms with Crippen LogP contribution in [-0.4, -0.2) is 11.1 Å². The lowest BCUT2D eigenvalue weighted by atomic mass is 10.1. The van der Waals surface area contributed by atoms with Crippen molar-refractivity contribution in [1.82, 2.24) is 0 Å². The van der Waals surface area contributed by atoms with E-state index < -0.39 is 5.97 Å². The van der Waals surface area contributed by atoms with Crippen molar-refractivity contribution in [3.8, 4) is 0 Å². The molecule has 1 aromatic rings. The van der Waals surface area contributed by atoms with Crippen molar-refractivity contribution in [2.24, 2.45) is 0 Å². The number of allylic oxidation sites excluding steroid dienone is 1. The summed E-state index contributed by atoms with van der Waals surface area (Å²) < 4.78 is 12.9. The zero-order valence-corrected chi connectivity index (χ0v) is 8.53. The Morgan fingerprint density at radius 3 is 2.87 bits per heavy atom. The van der Waals surface area contributed by atoms with E-state index in [2.05, 4.69) is 0 Å². The lowest BCUT2D eigenvalue weighted by Gasteiger charge is -1.97. The standard InChI is InChI=1S/C12H13FO2/c1-9-8-10(6-7-11(9)13)4-2-3-5-12(14)15/h2,4,6-8H,3,5H2,1H3,(H,14,15)/b4-2+. The van der Waals surface area contributed by atoms with Gasteiger partial charge in [0.05, 0.1) is 0 Å². The highest BCUT2D eigenvalue weighted by molar-refractivity contribution is 5.67. The molecule has 15 heavy (non-hydrogen) atoms. The first kappa shape index (κ1) is 11.4. The maximum Gasteiger partial charge on any atom is 0.303 e. The van der Waals surface area contributed by atoms with Crippen LogP contribution in [0.3, 0.4) is 0 Å². The van der Waals surface area contributed by atoms with E-state index in [0.717, 1.165) is 5.56 Å². The average Bonchev–Trinajstić information content (AvgIpc) is 2.18. The molecular weight excluding hydrogens is 195 g/mol. The highest BCUT2D eigenvalue weighted by Crippen LogP contribution is 2.11. The van der Waals surface area contributed by atoms with E-state index in [1.165, 1.54) is 6.07 Å². The average molecular weight is 208 g/mol. The van der Waals surface area contributed by atoms with Crippen molar-refractivity contribution in [2.75, 3.05) is 0 Å². The molecule has 0 radical (unpaired) electrons. The summed E-state index contributed by atoms with van der Waals surface area (Å²) >= 11 is 0. The number of hydrogen-bond acceptors (Lipinski definition) is 1. The van der Waals surface area contributed by atoms with Gasteiger partial charge in [-0.05, 0) is 36.6 Å². The lowest BCUT2D eigenvalue weighted by molar-refractivity contribution is -0.136. The molecule has 3 heteroatoms. The third-order valence-corrected chi connectivity index (χ3v) is 2.02. The van der Waals surface area contributed by atoms with Crippen LogP contribution in [0.15, 0.2) is 24.3 Å². The fourth-order valence-corrected chi connectivity index (χ4v) is 1.20. The Labute approximate surface area is 88.1 Å². The second-order valence-electron chi connectivity index (χ2n) is 3.34. The van der Waals surface area contributed by atoms with Gasteiger partial charge in [-0.25, -0.2) is 4.39 Å². The number of hydrogen-bond donors (Lipinski definition) is 1. The van der Waals surface area contributed by atoms with Crippen molar-refractivity contribution in [2.45, 2.75) is 19.8 Å². The molecular formula is C12H13FO2. The summed E-state index contributed by atoms with van der Waals surface area (Å²) in [6.45, 7) is 1.70. The van der Waals surface area contributed by atoms with Gasteiger partial charge in [0.1, 0.15) is 5.82 Å². The topological polar surface area (TPSA) is 37.3 Å². The first-order chi connectivity index (χ1) is 7.09. The summed E-state index contributed by atoms with van der Waals surface area (Å²) in [7, 11) is 0. The molecule has 2 nitrogen and oxygen atoms in total. The van der Waals surface area contributed by atoms with Crippen LogP contribution in [0.1, 0.15) is 24.0 Å². The van der Waals surface area contributed by atoms with Crippen LogP contribution in [0.25, 0.3) is 6.08 Å². The molecule has 0 aliphatic heterocycles.